The summed E-state index contributed by atoms with van der Waals surface area (Å²) in [5, 5.41) is 8.33. The number of anilines is 1. The molecule has 0 saturated heterocycles. The maximum absolute atomic E-state index is 12.7. The minimum Gasteiger partial charge on any atom is -0.484 e. The largest absolute Gasteiger partial charge is 0.484 e. The van der Waals surface area contributed by atoms with Gasteiger partial charge in [-0.25, -0.2) is 9.48 Å². The van der Waals surface area contributed by atoms with Crippen LogP contribution in [0.4, 0.5) is 5.82 Å². The summed E-state index contributed by atoms with van der Waals surface area (Å²) in [4.78, 5) is 24.1. The van der Waals surface area contributed by atoms with Gasteiger partial charge in [0.25, 0.3) is 5.91 Å². The number of carbonyl (C=O) groups is 1. The van der Waals surface area contributed by atoms with Gasteiger partial charge in [0.15, 0.2) is 6.61 Å². The second-order valence-corrected chi connectivity index (χ2v) is 7.32. The Morgan fingerprint density at radius 3 is 2.42 bits per heavy atom. The first-order valence-corrected chi connectivity index (χ1v) is 10.3. The molecule has 0 aliphatic carbocycles. The lowest BCUT2D eigenvalue weighted by atomic mass is 10.2. The molecule has 0 spiro atoms. The van der Waals surface area contributed by atoms with Crippen molar-refractivity contribution >= 4 is 22.7 Å². The van der Waals surface area contributed by atoms with Crippen molar-refractivity contribution in [2.75, 3.05) is 11.9 Å². The highest BCUT2D eigenvalue weighted by Gasteiger charge is 2.14. The molecule has 0 fully saturated rings. The van der Waals surface area contributed by atoms with Crippen molar-refractivity contribution in [2.45, 2.75) is 0 Å². The molecule has 0 aliphatic heterocycles. The summed E-state index contributed by atoms with van der Waals surface area (Å²) in [6.45, 7) is -0.219. The summed E-state index contributed by atoms with van der Waals surface area (Å²) in [7, 11) is 0. The third-order valence-electron chi connectivity index (χ3n) is 5.01. The quantitative estimate of drug-likeness (QED) is 0.391. The average Bonchev–Trinajstić information content (AvgIpc) is 3.27. The number of amides is 1. The van der Waals surface area contributed by atoms with E-state index in [4.69, 9.17) is 9.15 Å². The first-order chi connectivity index (χ1) is 16.2. The molecule has 0 radical (unpaired) electrons. The van der Waals surface area contributed by atoms with Gasteiger partial charge in [-0.3, -0.25) is 4.79 Å². The van der Waals surface area contributed by atoms with Crippen molar-refractivity contribution < 1.29 is 13.9 Å². The van der Waals surface area contributed by atoms with Crippen LogP contribution in [0.3, 0.4) is 0 Å². The van der Waals surface area contributed by atoms with E-state index < -0.39 is 5.63 Å². The van der Waals surface area contributed by atoms with Crippen LogP contribution in [0.1, 0.15) is 0 Å². The standard InChI is InChI=1S/C26H19N3O4/c30-25(17-32-21-13-11-19-12-14-26(31)33-23(19)15-21)27-24-16-22(18-7-3-1-4-8-18)28-29(24)20-9-5-2-6-10-20/h1-16H,17H2,(H,27,30). The number of carbonyl (C=O) groups excluding carboxylic acids is 1. The molecule has 3 aromatic carbocycles. The van der Waals surface area contributed by atoms with Gasteiger partial charge in [-0.2, -0.15) is 5.10 Å². The molecular weight excluding hydrogens is 418 g/mol. The van der Waals surface area contributed by atoms with Crippen LogP contribution in [0.2, 0.25) is 0 Å². The fraction of sp³-hybridized carbons (Fsp3) is 0.0385. The van der Waals surface area contributed by atoms with Crippen LogP contribution in [-0.2, 0) is 4.79 Å². The van der Waals surface area contributed by atoms with Gasteiger partial charge in [0.1, 0.15) is 17.2 Å². The van der Waals surface area contributed by atoms with E-state index in [1.165, 1.54) is 6.07 Å². The number of nitrogens with zero attached hydrogens (tertiary/aromatic N) is 2. The highest BCUT2D eigenvalue weighted by atomic mass is 16.5. The molecule has 5 aromatic rings. The van der Waals surface area contributed by atoms with Crippen LogP contribution in [0, 0.1) is 0 Å². The Bertz CT molecular complexity index is 1470. The fourth-order valence-corrected chi connectivity index (χ4v) is 3.44. The molecule has 5 rings (SSSR count). The molecule has 1 N–H and O–H groups in total. The van der Waals surface area contributed by atoms with Gasteiger partial charge in [-0.15, -0.1) is 0 Å². The molecule has 0 aliphatic rings. The van der Waals surface area contributed by atoms with Crippen LogP contribution in [0.15, 0.2) is 106 Å². The van der Waals surface area contributed by atoms with Crippen molar-refractivity contribution in [3.8, 4) is 22.7 Å². The van der Waals surface area contributed by atoms with Gasteiger partial charge in [-0.1, -0.05) is 48.5 Å². The molecule has 0 atom stereocenters. The minimum absolute atomic E-state index is 0.219. The zero-order chi connectivity index (χ0) is 22.6. The predicted octanol–water partition coefficient (Wildman–Crippen LogP) is 4.66. The molecule has 0 unspecified atom stereocenters. The third-order valence-corrected chi connectivity index (χ3v) is 5.01. The number of ether oxygens (including phenoxy) is 1. The molecule has 2 heterocycles. The van der Waals surface area contributed by atoms with Crippen molar-refractivity contribution in [1.29, 1.82) is 0 Å². The van der Waals surface area contributed by atoms with E-state index in [9.17, 15) is 9.59 Å². The minimum atomic E-state index is -0.444. The van der Waals surface area contributed by atoms with Crippen LogP contribution >= 0.6 is 0 Å². The molecule has 33 heavy (non-hydrogen) atoms. The maximum atomic E-state index is 12.7. The smallest absolute Gasteiger partial charge is 0.336 e. The number of hydrogen-bond donors (Lipinski definition) is 1. The summed E-state index contributed by atoms with van der Waals surface area (Å²) in [5.41, 5.74) is 2.45. The maximum Gasteiger partial charge on any atom is 0.336 e. The number of aromatic nitrogens is 2. The number of fused-ring (bicyclic) bond motifs is 1. The molecule has 2 aromatic heterocycles. The second-order valence-electron chi connectivity index (χ2n) is 7.32. The van der Waals surface area contributed by atoms with Gasteiger partial charge in [0.05, 0.1) is 11.4 Å². The molecule has 7 nitrogen and oxygen atoms in total. The van der Waals surface area contributed by atoms with Gasteiger partial charge in [0.2, 0.25) is 0 Å². The number of nitrogens with one attached hydrogen (secondary N) is 1. The number of benzene rings is 3. The first kappa shape index (κ1) is 20.3. The molecule has 7 heteroatoms. The van der Waals surface area contributed by atoms with Crippen LogP contribution in [0.5, 0.6) is 5.75 Å². The van der Waals surface area contributed by atoms with E-state index >= 15 is 0 Å². The molecular formula is C26H19N3O4. The normalized spacial score (nSPS) is 10.8. The Kier molecular flexibility index (Phi) is 5.43. The van der Waals surface area contributed by atoms with E-state index in [0.717, 1.165) is 22.3 Å². The molecule has 0 bridgehead atoms. The van der Waals surface area contributed by atoms with Crippen molar-refractivity contribution in [3.63, 3.8) is 0 Å². The van der Waals surface area contributed by atoms with Crippen molar-refractivity contribution in [1.82, 2.24) is 9.78 Å². The SMILES string of the molecule is O=C(COc1ccc2ccc(=O)oc2c1)Nc1cc(-c2ccccc2)nn1-c1ccccc1. The lowest BCUT2D eigenvalue weighted by Crippen LogP contribution is -2.21. The van der Waals surface area contributed by atoms with E-state index in [1.807, 2.05) is 66.7 Å². The van der Waals surface area contributed by atoms with E-state index in [2.05, 4.69) is 10.4 Å². The zero-order valence-corrected chi connectivity index (χ0v) is 17.5. The van der Waals surface area contributed by atoms with Crippen LogP contribution < -0.4 is 15.7 Å². The fourth-order valence-electron chi connectivity index (χ4n) is 3.44. The van der Waals surface area contributed by atoms with Crippen LogP contribution in [0.25, 0.3) is 27.9 Å². The Balaban J connectivity index is 1.36. The summed E-state index contributed by atoms with van der Waals surface area (Å²) in [6, 6.07) is 29.2. The lowest BCUT2D eigenvalue weighted by Gasteiger charge is -2.10. The van der Waals surface area contributed by atoms with E-state index in [1.54, 1.807) is 28.9 Å². The summed E-state index contributed by atoms with van der Waals surface area (Å²) in [6.07, 6.45) is 0. The van der Waals surface area contributed by atoms with Crippen molar-refractivity contribution in [2.24, 2.45) is 0 Å². The van der Waals surface area contributed by atoms with E-state index in [0.29, 0.717) is 17.2 Å². The van der Waals surface area contributed by atoms with Gasteiger partial charge in [0, 0.05) is 29.1 Å². The molecule has 0 saturated carbocycles. The summed E-state index contributed by atoms with van der Waals surface area (Å²) in [5.74, 6) is 0.605. The van der Waals surface area contributed by atoms with E-state index in [-0.39, 0.29) is 12.5 Å². The Labute approximate surface area is 188 Å². The topological polar surface area (TPSA) is 86.4 Å². The Hall–Kier alpha value is -4.65. The highest BCUT2D eigenvalue weighted by Crippen LogP contribution is 2.25. The molecule has 162 valence electrons. The Morgan fingerprint density at radius 1 is 0.909 bits per heavy atom. The summed E-state index contributed by atoms with van der Waals surface area (Å²) < 4.78 is 12.5. The van der Waals surface area contributed by atoms with Crippen LogP contribution in [-0.4, -0.2) is 22.3 Å². The van der Waals surface area contributed by atoms with Crippen molar-refractivity contribution in [3.05, 3.63) is 107 Å². The summed E-state index contributed by atoms with van der Waals surface area (Å²) >= 11 is 0. The first-order valence-electron chi connectivity index (χ1n) is 10.3. The van der Waals surface area contributed by atoms with Gasteiger partial charge >= 0.3 is 5.63 Å². The number of hydrogen-bond acceptors (Lipinski definition) is 5. The number of para-hydroxylation sites is 1. The highest BCUT2D eigenvalue weighted by molar-refractivity contribution is 5.92. The van der Waals surface area contributed by atoms with Gasteiger partial charge < -0.3 is 14.5 Å². The van der Waals surface area contributed by atoms with Gasteiger partial charge in [-0.05, 0) is 30.3 Å². The average molecular weight is 437 g/mol. The third kappa shape index (κ3) is 4.52. The second kappa shape index (κ2) is 8.84. The lowest BCUT2D eigenvalue weighted by molar-refractivity contribution is -0.118. The predicted molar refractivity (Wildman–Crippen MR) is 126 cm³/mol. The number of rotatable bonds is 6. The monoisotopic (exact) mass is 437 g/mol. The zero-order valence-electron chi connectivity index (χ0n) is 17.5. The Morgan fingerprint density at radius 2 is 1.64 bits per heavy atom. The molecule has 1 amide bonds.